The van der Waals surface area contributed by atoms with Gasteiger partial charge in [0.05, 0.1) is 5.56 Å². The van der Waals surface area contributed by atoms with Crippen LogP contribution in [0, 0.1) is 0 Å². The van der Waals surface area contributed by atoms with Gasteiger partial charge in [-0.15, -0.1) is 0 Å². The molecule has 1 aliphatic heterocycles. The van der Waals surface area contributed by atoms with E-state index in [1.54, 1.807) is 0 Å². The summed E-state index contributed by atoms with van der Waals surface area (Å²) >= 11 is 0. The summed E-state index contributed by atoms with van der Waals surface area (Å²) in [5.41, 5.74) is 0.578. The number of aliphatic hydroxyl groups excluding tert-OH is 3. The van der Waals surface area contributed by atoms with Gasteiger partial charge in [-0.25, -0.2) is 4.79 Å². The molecule has 27 heavy (non-hydrogen) atoms. The van der Waals surface area contributed by atoms with E-state index in [0.29, 0.717) is 5.56 Å². The van der Waals surface area contributed by atoms with Crippen molar-refractivity contribution in [2.45, 2.75) is 51.2 Å². The number of carbonyl (C=O) groups is 3. The smallest absolute Gasteiger partial charge is 0.335 e. The average Bonchev–Trinajstić information content (AvgIpc) is 2.60. The quantitative estimate of drug-likeness (QED) is 0.362. The van der Waals surface area contributed by atoms with Crippen molar-refractivity contribution in [3.8, 4) is 5.75 Å². The van der Waals surface area contributed by atoms with Gasteiger partial charge in [-0.2, -0.15) is 0 Å². The summed E-state index contributed by atoms with van der Waals surface area (Å²) in [6.07, 6.45) is -8.89. The van der Waals surface area contributed by atoms with Crippen molar-refractivity contribution in [1.29, 1.82) is 0 Å². The lowest BCUT2D eigenvalue weighted by molar-refractivity contribution is -0.271. The zero-order valence-corrected chi connectivity index (χ0v) is 14.6. The molecule has 1 aromatic carbocycles. The summed E-state index contributed by atoms with van der Waals surface area (Å²) in [4.78, 5) is 33.9. The highest BCUT2D eigenvalue weighted by Gasteiger charge is 2.48. The van der Waals surface area contributed by atoms with Crippen LogP contribution in [-0.2, 0) is 25.7 Å². The first-order valence-corrected chi connectivity index (χ1v) is 7.98. The molecule has 5 atom stereocenters. The molecule has 0 aromatic heterocycles. The Hall–Kier alpha value is -2.53. The number of Topliss-reactive ketones (excluding diaryl/α,β-unsaturated/α-hetero) is 1. The molecule has 0 radical (unpaired) electrons. The Labute approximate surface area is 153 Å². The molecular weight excluding hydrogens is 364 g/mol. The number of carboxylic acid groups (broad SMARTS) is 1. The first-order chi connectivity index (χ1) is 12.6. The van der Waals surface area contributed by atoms with Crippen molar-refractivity contribution in [1.82, 2.24) is 0 Å². The van der Waals surface area contributed by atoms with E-state index in [-0.39, 0.29) is 17.9 Å². The number of benzene rings is 1. The number of aliphatic carboxylic acids is 1. The van der Waals surface area contributed by atoms with Crippen LogP contribution in [0.4, 0.5) is 0 Å². The Morgan fingerprint density at radius 2 is 1.74 bits per heavy atom. The molecule has 0 aliphatic carbocycles. The van der Waals surface area contributed by atoms with E-state index in [1.165, 1.54) is 32.0 Å². The maximum atomic E-state index is 11.9. The third kappa shape index (κ3) is 4.80. The number of hydrogen-bond donors (Lipinski definition) is 4. The fraction of sp³-hybridized carbons (Fsp3) is 0.471. The first-order valence-electron chi connectivity index (χ1n) is 7.98. The van der Waals surface area contributed by atoms with E-state index >= 15 is 0 Å². The molecule has 10 nitrogen and oxygen atoms in total. The van der Waals surface area contributed by atoms with Gasteiger partial charge in [0.25, 0.3) is 0 Å². The van der Waals surface area contributed by atoms with Crippen LogP contribution in [0.2, 0.25) is 0 Å². The molecule has 10 heteroatoms. The Bertz CT molecular complexity index is 730. The van der Waals surface area contributed by atoms with Gasteiger partial charge in [0.2, 0.25) is 6.29 Å². The normalized spacial score (nSPS) is 27.7. The van der Waals surface area contributed by atoms with Gasteiger partial charge in [0.1, 0.15) is 30.7 Å². The van der Waals surface area contributed by atoms with Gasteiger partial charge in [0.15, 0.2) is 11.9 Å². The minimum atomic E-state index is -1.85. The largest absolute Gasteiger partial charge is 0.479 e. The lowest BCUT2D eigenvalue weighted by Gasteiger charge is -2.38. The number of aliphatic hydroxyl groups is 3. The molecule has 0 bridgehead atoms. The zero-order chi connectivity index (χ0) is 20.3. The Kier molecular flexibility index (Phi) is 6.50. The van der Waals surface area contributed by atoms with E-state index in [1.807, 2.05) is 0 Å². The van der Waals surface area contributed by atoms with E-state index in [9.17, 15) is 29.7 Å². The number of carboxylic acids is 1. The van der Waals surface area contributed by atoms with E-state index in [4.69, 9.17) is 19.3 Å². The number of rotatable bonds is 6. The van der Waals surface area contributed by atoms with E-state index in [0.717, 1.165) is 0 Å². The van der Waals surface area contributed by atoms with E-state index < -0.39 is 48.4 Å². The second-order valence-electron chi connectivity index (χ2n) is 6.02. The Morgan fingerprint density at radius 1 is 1.07 bits per heavy atom. The standard InChI is InChI=1S/C17H20O10/c1-7(18)10-5-9(6-25-8(2)19)3-4-11(10)26-17-14(22)12(20)13(21)15(27-17)16(23)24/h3-5,12-15,17,20-22H,6H2,1-2H3,(H,23,24)/t12-,13-,14+,15-,17+/m0/s1. The predicted octanol–water partition coefficient (Wildman–Crippen LogP) is -0.777. The molecule has 1 heterocycles. The summed E-state index contributed by atoms with van der Waals surface area (Å²) < 4.78 is 15.3. The molecule has 0 spiro atoms. The van der Waals surface area contributed by atoms with Crippen LogP contribution in [0.15, 0.2) is 18.2 Å². The van der Waals surface area contributed by atoms with Gasteiger partial charge in [-0.1, -0.05) is 6.07 Å². The SMILES string of the molecule is CC(=O)OCc1ccc(O[C@@H]2O[C@H](C(=O)O)[C@@H](O)[C@H](O)[C@H]2O)c(C(C)=O)c1. The van der Waals surface area contributed by atoms with Gasteiger partial charge >= 0.3 is 11.9 Å². The fourth-order valence-electron chi connectivity index (χ4n) is 2.50. The number of ketones is 1. The Morgan fingerprint density at radius 3 is 2.30 bits per heavy atom. The molecular formula is C17H20O10. The van der Waals surface area contributed by atoms with Crippen LogP contribution in [0.3, 0.4) is 0 Å². The second kappa shape index (κ2) is 8.44. The van der Waals surface area contributed by atoms with Crippen molar-refractivity contribution in [2.75, 3.05) is 0 Å². The van der Waals surface area contributed by atoms with Crippen LogP contribution in [0.5, 0.6) is 5.75 Å². The maximum Gasteiger partial charge on any atom is 0.335 e. The fourth-order valence-corrected chi connectivity index (χ4v) is 2.50. The van der Waals surface area contributed by atoms with Gasteiger partial charge < -0.3 is 34.6 Å². The highest BCUT2D eigenvalue weighted by atomic mass is 16.7. The first kappa shape index (κ1) is 20.8. The third-order valence-corrected chi connectivity index (χ3v) is 3.92. The van der Waals surface area contributed by atoms with Gasteiger partial charge in [-0.3, -0.25) is 9.59 Å². The molecule has 1 fully saturated rings. The summed E-state index contributed by atoms with van der Waals surface area (Å²) in [5, 5.41) is 38.6. The second-order valence-corrected chi connectivity index (χ2v) is 6.02. The summed E-state index contributed by atoms with van der Waals surface area (Å²) in [7, 11) is 0. The average molecular weight is 384 g/mol. The third-order valence-electron chi connectivity index (χ3n) is 3.92. The van der Waals surface area contributed by atoms with Crippen LogP contribution < -0.4 is 4.74 Å². The topological polar surface area (TPSA) is 160 Å². The monoisotopic (exact) mass is 384 g/mol. The van der Waals surface area contributed by atoms with E-state index in [2.05, 4.69) is 0 Å². The van der Waals surface area contributed by atoms with Crippen molar-refractivity contribution in [3.05, 3.63) is 29.3 Å². The maximum absolute atomic E-state index is 11.9. The molecule has 148 valence electrons. The number of esters is 1. The molecule has 0 unspecified atom stereocenters. The van der Waals surface area contributed by atoms with Crippen molar-refractivity contribution in [2.24, 2.45) is 0 Å². The molecule has 1 aromatic rings. The molecule has 4 N–H and O–H groups in total. The number of ether oxygens (including phenoxy) is 3. The number of hydrogen-bond acceptors (Lipinski definition) is 9. The van der Waals surface area contributed by atoms with Crippen molar-refractivity contribution < 1.29 is 49.0 Å². The minimum Gasteiger partial charge on any atom is -0.479 e. The van der Waals surface area contributed by atoms with Crippen LogP contribution in [0.25, 0.3) is 0 Å². The molecule has 1 saturated heterocycles. The van der Waals surface area contributed by atoms with Crippen LogP contribution in [-0.4, -0.2) is 68.9 Å². The van der Waals surface area contributed by atoms with Crippen molar-refractivity contribution >= 4 is 17.7 Å². The molecule has 1 aliphatic rings. The zero-order valence-electron chi connectivity index (χ0n) is 14.6. The molecule has 0 amide bonds. The van der Waals surface area contributed by atoms with Gasteiger partial charge in [0, 0.05) is 6.92 Å². The summed E-state index contributed by atoms with van der Waals surface area (Å²) in [6.45, 7) is 2.43. The minimum absolute atomic E-state index is 0.0362. The summed E-state index contributed by atoms with van der Waals surface area (Å²) in [6, 6.07) is 4.27. The lowest BCUT2D eigenvalue weighted by atomic mass is 9.99. The Balaban J connectivity index is 2.25. The number of carbonyl (C=O) groups excluding carboxylic acids is 2. The molecule has 0 saturated carbocycles. The van der Waals surface area contributed by atoms with Crippen LogP contribution >= 0.6 is 0 Å². The molecule has 2 rings (SSSR count). The summed E-state index contributed by atoms with van der Waals surface area (Å²) in [5.74, 6) is -2.49. The van der Waals surface area contributed by atoms with Gasteiger partial charge in [-0.05, 0) is 24.6 Å². The highest BCUT2D eigenvalue weighted by Crippen LogP contribution is 2.28. The van der Waals surface area contributed by atoms with Crippen LogP contribution in [0.1, 0.15) is 29.8 Å². The van der Waals surface area contributed by atoms with Crippen molar-refractivity contribution in [3.63, 3.8) is 0 Å². The predicted molar refractivity (Wildman–Crippen MR) is 86.9 cm³/mol. The lowest BCUT2D eigenvalue weighted by Crippen LogP contribution is -2.61. The highest BCUT2D eigenvalue weighted by molar-refractivity contribution is 5.97.